The largest absolute Gasteiger partial charge is 0.294 e. The van der Waals surface area contributed by atoms with E-state index >= 15 is 0 Å². The molecule has 2 rings (SSSR count). The molecule has 1 aromatic rings. The second kappa shape index (κ2) is 3.75. The van der Waals surface area contributed by atoms with Crippen LogP contribution in [-0.2, 0) is 4.79 Å². The molecule has 1 aromatic heterocycles. The first-order valence-corrected chi connectivity index (χ1v) is 5.05. The third-order valence-electron chi connectivity index (χ3n) is 2.07. The van der Waals surface area contributed by atoms with Gasteiger partial charge in [0.2, 0.25) is 5.91 Å². The van der Waals surface area contributed by atoms with Crippen LogP contribution in [0.5, 0.6) is 0 Å². The van der Waals surface area contributed by atoms with Crippen LogP contribution in [0.1, 0.15) is 6.42 Å². The number of amides is 1. The molecule has 14 heavy (non-hydrogen) atoms. The molecule has 1 saturated heterocycles. The lowest BCUT2D eigenvalue weighted by atomic mass is 10.4. The summed E-state index contributed by atoms with van der Waals surface area (Å²) < 4.78 is 0. The molecule has 2 heterocycles. The Morgan fingerprint density at radius 1 is 1.57 bits per heavy atom. The minimum absolute atomic E-state index is 0.0226. The molecule has 1 aliphatic heterocycles. The fourth-order valence-electron chi connectivity index (χ4n) is 1.44. The van der Waals surface area contributed by atoms with Gasteiger partial charge in [-0.15, -0.1) is 11.6 Å². The third kappa shape index (κ3) is 1.70. The first-order chi connectivity index (χ1) is 6.68. The monoisotopic (exact) mass is 230 g/mol. The average molecular weight is 231 g/mol. The normalized spacial score (nSPS) is 21.7. The topological polar surface area (TPSA) is 33.2 Å². The van der Waals surface area contributed by atoms with Crippen LogP contribution >= 0.6 is 23.2 Å². The van der Waals surface area contributed by atoms with Gasteiger partial charge in [0.15, 0.2) is 5.82 Å². The van der Waals surface area contributed by atoms with E-state index in [4.69, 9.17) is 23.2 Å². The Labute approximate surface area is 91.6 Å². The van der Waals surface area contributed by atoms with Crippen LogP contribution in [-0.4, -0.2) is 22.8 Å². The maximum Gasteiger partial charge on any atom is 0.229 e. The third-order valence-corrected chi connectivity index (χ3v) is 2.66. The van der Waals surface area contributed by atoms with Crippen LogP contribution < -0.4 is 4.90 Å². The zero-order valence-corrected chi connectivity index (χ0v) is 8.79. The van der Waals surface area contributed by atoms with E-state index in [1.54, 1.807) is 18.3 Å². The highest BCUT2D eigenvalue weighted by molar-refractivity contribution is 6.33. The number of halogens is 2. The Hall–Kier alpha value is -0.800. The summed E-state index contributed by atoms with van der Waals surface area (Å²) in [6, 6.07) is 3.43. The molecule has 1 aliphatic rings. The van der Waals surface area contributed by atoms with Crippen molar-refractivity contribution in [2.24, 2.45) is 0 Å². The number of rotatable bonds is 1. The van der Waals surface area contributed by atoms with E-state index in [1.807, 2.05) is 0 Å². The standard InChI is InChI=1S/C9H8Cl2N2O/c10-6-4-8(14)13(5-6)9-7(11)2-1-3-12-9/h1-3,6H,4-5H2. The summed E-state index contributed by atoms with van der Waals surface area (Å²) in [4.78, 5) is 17.1. The maximum atomic E-state index is 11.5. The fourth-order valence-corrected chi connectivity index (χ4v) is 1.94. The molecule has 1 atom stereocenters. The average Bonchev–Trinajstić information content (AvgIpc) is 2.46. The Kier molecular flexibility index (Phi) is 2.61. The Morgan fingerprint density at radius 3 is 2.93 bits per heavy atom. The Morgan fingerprint density at radius 2 is 2.36 bits per heavy atom. The van der Waals surface area contributed by atoms with Gasteiger partial charge in [0.05, 0.1) is 10.4 Å². The minimum Gasteiger partial charge on any atom is -0.294 e. The molecule has 0 aromatic carbocycles. The van der Waals surface area contributed by atoms with E-state index in [0.29, 0.717) is 23.8 Å². The zero-order chi connectivity index (χ0) is 10.1. The predicted octanol–water partition coefficient (Wildman–Crippen LogP) is 2.08. The van der Waals surface area contributed by atoms with E-state index in [0.717, 1.165) is 0 Å². The van der Waals surface area contributed by atoms with E-state index in [-0.39, 0.29) is 11.3 Å². The summed E-state index contributed by atoms with van der Waals surface area (Å²) in [6.07, 6.45) is 1.96. The van der Waals surface area contributed by atoms with Crippen molar-refractivity contribution in [3.05, 3.63) is 23.4 Å². The minimum atomic E-state index is -0.138. The van der Waals surface area contributed by atoms with Crippen molar-refractivity contribution in [2.75, 3.05) is 11.4 Å². The van der Waals surface area contributed by atoms with Crippen LogP contribution in [0.2, 0.25) is 5.02 Å². The van der Waals surface area contributed by atoms with Gasteiger partial charge < -0.3 is 0 Å². The highest BCUT2D eigenvalue weighted by Crippen LogP contribution is 2.27. The van der Waals surface area contributed by atoms with Crippen molar-refractivity contribution in [3.8, 4) is 0 Å². The van der Waals surface area contributed by atoms with Crippen molar-refractivity contribution < 1.29 is 4.79 Å². The number of alkyl halides is 1. The molecule has 74 valence electrons. The smallest absolute Gasteiger partial charge is 0.229 e. The Bertz CT molecular complexity index is 370. The lowest BCUT2D eigenvalue weighted by Crippen LogP contribution is -2.25. The first kappa shape index (κ1) is 9.74. The molecule has 5 heteroatoms. The quantitative estimate of drug-likeness (QED) is 0.693. The van der Waals surface area contributed by atoms with Crippen molar-refractivity contribution >= 4 is 34.9 Å². The van der Waals surface area contributed by atoms with E-state index in [1.165, 1.54) is 4.90 Å². The zero-order valence-electron chi connectivity index (χ0n) is 7.28. The Balaban J connectivity index is 2.32. The van der Waals surface area contributed by atoms with Gasteiger partial charge >= 0.3 is 0 Å². The molecule has 3 nitrogen and oxygen atoms in total. The molecule has 0 bridgehead atoms. The van der Waals surface area contributed by atoms with Gasteiger partial charge in [-0.05, 0) is 12.1 Å². The molecule has 0 spiro atoms. The van der Waals surface area contributed by atoms with Crippen molar-refractivity contribution in [2.45, 2.75) is 11.8 Å². The summed E-state index contributed by atoms with van der Waals surface area (Å²) >= 11 is 11.8. The molecule has 1 fully saturated rings. The van der Waals surface area contributed by atoms with Crippen LogP contribution in [0, 0.1) is 0 Å². The molecular weight excluding hydrogens is 223 g/mol. The van der Waals surface area contributed by atoms with E-state index in [2.05, 4.69) is 4.98 Å². The summed E-state index contributed by atoms with van der Waals surface area (Å²) in [5.74, 6) is 0.480. The van der Waals surface area contributed by atoms with Gasteiger partial charge in [-0.1, -0.05) is 11.6 Å². The van der Waals surface area contributed by atoms with Gasteiger partial charge in [0.1, 0.15) is 0 Å². The number of aromatic nitrogens is 1. The van der Waals surface area contributed by atoms with Gasteiger partial charge in [-0.2, -0.15) is 0 Å². The summed E-state index contributed by atoms with van der Waals surface area (Å²) in [6.45, 7) is 0.483. The molecule has 1 unspecified atom stereocenters. The van der Waals surface area contributed by atoms with Gasteiger partial charge in [0.25, 0.3) is 0 Å². The number of anilines is 1. The number of nitrogens with zero attached hydrogens (tertiary/aromatic N) is 2. The SMILES string of the molecule is O=C1CC(Cl)CN1c1ncccc1Cl. The van der Waals surface area contributed by atoms with Gasteiger partial charge in [-0.25, -0.2) is 4.98 Å². The lowest BCUT2D eigenvalue weighted by Gasteiger charge is -2.15. The molecule has 0 aliphatic carbocycles. The predicted molar refractivity (Wildman–Crippen MR) is 55.9 cm³/mol. The second-order valence-electron chi connectivity index (χ2n) is 3.11. The molecule has 0 radical (unpaired) electrons. The molecule has 0 N–H and O–H groups in total. The summed E-state index contributed by atoms with van der Waals surface area (Å²) in [7, 11) is 0. The van der Waals surface area contributed by atoms with E-state index in [9.17, 15) is 4.79 Å². The fraction of sp³-hybridized carbons (Fsp3) is 0.333. The summed E-state index contributed by atoms with van der Waals surface area (Å²) in [5.41, 5.74) is 0. The van der Waals surface area contributed by atoms with Gasteiger partial charge in [0, 0.05) is 19.2 Å². The van der Waals surface area contributed by atoms with Crippen LogP contribution in [0.25, 0.3) is 0 Å². The lowest BCUT2D eigenvalue weighted by molar-refractivity contribution is -0.117. The number of carbonyl (C=O) groups is 1. The number of pyridine rings is 1. The van der Waals surface area contributed by atoms with Crippen LogP contribution in [0.15, 0.2) is 18.3 Å². The van der Waals surface area contributed by atoms with Crippen molar-refractivity contribution in [1.29, 1.82) is 0 Å². The molecular formula is C9H8Cl2N2O. The number of carbonyl (C=O) groups excluding carboxylic acids is 1. The van der Waals surface area contributed by atoms with Gasteiger partial charge in [-0.3, -0.25) is 9.69 Å². The van der Waals surface area contributed by atoms with E-state index < -0.39 is 0 Å². The molecule has 1 amide bonds. The van der Waals surface area contributed by atoms with Crippen LogP contribution in [0.3, 0.4) is 0 Å². The highest BCUT2D eigenvalue weighted by atomic mass is 35.5. The number of hydrogen-bond donors (Lipinski definition) is 0. The van der Waals surface area contributed by atoms with Crippen molar-refractivity contribution in [3.63, 3.8) is 0 Å². The van der Waals surface area contributed by atoms with Crippen molar-refractivity contribution in [1.82, 2.24) is 4.98 Å². The maximum absolute atomic E-state index is 11.5. The number of hydrogen-bond acceptors (Lipinski definition) is 2. The first-order valence-electron chi connectivity index (χ1n) is 4.23. The second-order valence-corrected chi connectivity index (χ2v) is 4.14. The molecule has 0 saturated carbocycles. The van der Waals surface area contributed by atoms with Crippen LogP contribution in [0.4, 0.5) is 5.82 Å². The highest BCUT2D eigenvalue weighted by Gasteiger charge is 2.30. The summed E-state index contributed by atoms with van der Waals surface area (Å²) in [5, 5.41) is 0.340.